The molecule has 1 fully saturated rings. The van der Waals surface area contributed by atoms with Crippen LogP contribution in [0.1, 0.15) is 19.3 Å². The first-order valence-corrected chi connectivity index (χ1v) is 9.21. The number of benzene rings is 1. The third kappa shape index (κ3) is 4.75. The number of anilines is 1. The zero-order valence-electron chi connectivity index (χ0n) is 15.6. The summed E-state index contributed by atoms with van der Waals surface area (Å²) < 4.78 is 33.8. The number of likely N-dealkylation sites (N-methyl/N-ethyl adjacent to an activating group) is 1. The predicted molar refractivity (Wildman–Crippen MR) is 102 cm³/mol. The Bertz CT molecular complexity index is 824. The maximum Gasteiger partial charge on any atom is 0.303 e. The Morgan fingerprint density at radius 2 is 2.11 bits per heavy atom. The van der Waals surface area contributed by atoms with E-state index in [1.807, 2.05) is 19.2 Å². The maximum atomic E-state index is 14.4. The van der Waals surface area contributed by atoms with Crippen molar-refractivity contribution in [3.8, 4) is 17.0 Å². The van der Waals surface area contributed by atoms with Gasteiger partial charge in [0.15, 0.2) is 17.4 Å². The van der Waals surface area contributed by atoms with Crippen molar-refractivity contribution >= 4 is 11.8 Å². The van der Waals surface area contributed by atoms with Crippen molar-refractivity contribution < 1.29 is 23.4 Å². The van der Waals surface area contributed by atoms with Crippen LogP contribution in [0, 0.1) is 11.6 Å². The molecule has 2 N–H and O–H groups in total. The van der Waals surface area contributed by atoms with Gasteiger partial charge in [-0.1, -0.05) is 6.07 Å². The highest BCUT2D eigenvalue weighted by atomic mass is 19.1. The van der Waals surface area contributed by atoms with Crippen LogP contribution < -0.4 is 15.0 Å². The SMILES string of the molecule is CNC1CCN(c2cccc(-c3cc(F)c(OCCCC(=O)O)c(F)c3)n2)C1. The van der Waals surface area contributed by atoms with Gasteiger partial charge in [-0.15, -0.1) is 0 Å². The van der Waals surface area contributed by atoms with E-state index in [4.69, 9.17) is 9.84 Å². The van der Waals surface area contributed by atoms with Gasteiger partial charge in [0.1, 0.15) is 5.82 Å². The van der Waals surface area contributed by atoms with Crippen LogP contribution in [-0.2, 0) is 4.79 Å². The number of nitrogens with one attached hydrogen (secondary N) is 1. The highest BCUT2D eigenvalue weighted by Crippen LogP contribution is 2.30. The van der Waals surface area contributed by atoms with Crippen LogP contribution in [-0.4, -0.2) is 48.8 Å². The molecule has 1 atom stereocenters. The molecule has 0 spiro atoms. The molecule has 3 rings (SSSR count). The van der Waals surface area contributed by atoms with Crippen LogP contribution in [0.4, 0.5) is 14.6 Å². The molecule has 2 aromatic rings. The number of aromatic nitrogens is 1. The van der Waals surface area contributed by atoms with Crippen molar-refractivity contribution in [2.45, 2.75) is 25.3 Å². The number of hydrogen-bond donors (Lipinski definition) is 2. The molecule has 8 heteroatoms. The second-order valence-electron chi connectivity index (χ2n) is 6.72. The molecular weight excluding hydrogens is 368 g/mol. The molecule has 1 aliphatic heterocycles. The Hall–Kier alpha value is -2.74. The second-order valence-corrected chi connectivity index (χ2v) is 6.72. The molecule has 150 valence electrons. The van der Waals surface area contributed by atoms with Gasteiger partial charge < -0.3 is 20.1 Å². The summed E-state index contributed by atoms with van der Waals surface area (Å²) in [6.07, 6.45) is 1.06. The van der Waals surface area contributed by atoms with Crippen LogP contribution in [0.25, 0.3) is 11.3 Å². The fraction of sp³-hybridized carbons (Fsp3) is 0.400. The van der Waals surface area contributed by atoms with E-state index in [1.165, 1.54) is 12.1 Å². The van der Waals surface area contributed by atoms with Crippen LogP contribution >= 0.6 is 0 Å². The van der Waals surface area contributed by atoms with Crippen molar-refractivity contribution in [1.29, 1.82) is 0 Å². The van der Waals surface area contributed by atoms with E-state index in [9.17, 15) is 13.6 Å². The number of hydrogen-bond acceptors (Lipinski definition) is 5. The summed E-state index contributed by atoms with van der Waals surface area (Å²) in [6, 6.07) is 8.17. The van der Waals surface area contributed by atoms with Crippen molar-refractivity contribution in [2.75, 3.05) is 31.6 Å². The predicted octanol–water partition coefficient (Wildman–Crippen LogP) is 3.07. The summed E-state index contributed by atoms with van der Waals surface area (Å²) in [5, 5.41) is 11.8. The van der Waals surface area contributed by atoms with Crippen molar-refractivity contribution in [2.24, 2.45) is 0 Å². The minimum atomic E-state index is -0.982. The monoisotopic (exact) mass is 391 g/mol. The summed E-state index contributed by atoms with van der Waals surface area (Å²) in [5.74, 6) is -2.39. The lowest BCUT2D eigenvalue weighted by atomic mass is 10.1. The number of nitrogens with zero attached hydrogens (tertiary/aromatic N) is 2. The van der Waals surface area contributed by atoms with E-state index in [2.05, 4.69) is 15.2 Å². The number of aliphatic carboxylic acids is 1. The average molecular weight is 391 g/mol. The van der Waals surface area contributed by atoms with Crippen LogP contribution in [0.3, 0.4) is 0 Å². The lowest BCUT2D eigenvalue weighted by molar-refractivity contribution is -0.137. The minimum absolute atomic E-state index is 0.0746. The lowest BCUT2D eigenvalue weighted by Gasteiger charge is -2.18. The molecule has 2 heterocycles. The Morgan fingerprint density at radius 1 is 1.36 bits per heavy atom. The molecule has 0 bridgehead atoms. The van der Waals surface area contributed by atoms with Crippen molar-refractivity contribution in [1.82, 2.24) is 10.3 Å². The van der Waals surface area contributed by atoms with Gasteiger partial charge in [0.25, 0.3) is 0 Å². The zero-order valence-corrected chi connectivity index (χ0v) is 15.6. The van der Waals surface area contributed by atoms with E-state index in [-0.39, 0.29) is 19.4 Å². The average Bonchev–Trinajstić information content (AvgIpc) is 3.16. The topological polar surface area (TPSA) is 74.7 Å². The summed E-state index contributed by atoms with van der Waals surface area (Å²) >= 11 is 0. The highest BCUT2D eigenvalue weighted by molar-refractivity contribution is 5.66. The van der Waals surface area contributed by atoms with Gasteiger partial charge in [0, 0.05) is 31.1 Å². The third-order valence-corrected chi connectivity index (χ3v) is 4.73. The van der Waals surface area contributed by atoms with E-state index in [1.54, 1.807) is 6.07 Å². The zero-order chi connectivity index (χ0) is 20.1. The molecular formula is C20H23F2N3O3. The van der Waals surface area contributed by atoms with Gasteiger partial charge in [-0.2, -0.15) is 0 Å². The van der Waals surface area contributed by atoms with Crippen molar-refractivity contribution in [3.05, 3.63) is 42.0 Å². The lowest BCUT2D eigenvalue weighted by Crippen LogP contribution is -2.29. The number of rotatable bonds is 8. The first-order valence-electron chi connectivity index (χ1n) is 9.21. The Kier molecular flexibility index (Phi) is 6.41. The molecule has 1 unspecified atom stereocenters. The first kappa shape index (κ1) is 20.0. The Balaban J connectivity index is 1.75. The Labute approximate surface area is 162 Å². The smallest absolute Gasteiger partial charge is 0.303 e. The van der Waals surface area contributed by atoms with Crippen LogP contribution in [0.2, 0.25) is 0 Å². The van der Waals surface area contributed by atoms with E-state index in [0.717, 1.165) is 25.3 Å². The van der Waals surface area contributed by atoms with Gasteiger partial charge in [0.2, 0.25) is 0 Å². The van der Waals surface area contributed by atoms with Gasteiger partial charge in [0.05, 0.1) is 12.3 Å². The van der Waals surface area contributed by atoms with Crippen LogP contribution in [0.5, 0.6) is 5.75 Å². The van der Waals surface area contributed by atoms with Gasteiger partial charge in [-0.25, -0.2) is 13.8 Å². The maximum absolute atomic E-state index is 14.4. The summed E-state index contributed by atoms with van der Waals surface area (Å²) in [7, 11) is 1.93. The molecule has 1 aromatic heterocycles. The third-order valence-electron chi connectivity index (χ3n) is 4.73. The molecule has 0 radical (unpaired) electrons. The number of halogens is 2. The van der Waals surface area contributed by atoms with Gasteiger partial charge in [-0.05, 0) is 44.2 Å². The van der Waals surface area contributed by atoms with Crippen molar-refractivity contribution in [3.63, 3.8) is 0 Å². The summed E-state index contributed by atoms with van der Waals surface area (Å²) in [5.41, 5.74) is 0.791. The second kappa shape index (κ2) is 8.97. The fourth-order valence-corrected chi connectivity index (χ4v) is 3.21. The van der Waals surface area contributed by atoms with Gasteiger partial charge >= 0.3 is 5.97 Å². The van der Waals surface area contributed by atoms with E-state index >= 15 is 0 Å². The fourth-order valence-electron chi connectivity index (χ4n) is 3.21. The van der Waals surface area contributed by atoms with Gasteiger partial charge in [-0.3, -0.25) is 4.79 Å². The normalized spacial score (nSPS) is 16.4. The number of carboxylic acid groups (broad SMARTS) is 1. The number of pyridine rings is 1. The molecule has 6 nitrogen and oxygen atoms in total. The quantitative estimate of drug-likeness (QED) is 0.674. The molecule has 0 aliphatic carbocycles. The molecule has 1 aliphatic rings. The minimum Gasteiger partial charge on any atom is -0.488 e. The summed E-state index contributed by atoms with van der Waals surface area (Å²) in [4.78, 5) is 17.2. The first-order chi connectivity index (χ1) is 13.5. The Morgan fingerprint density at radius 3 is 2.75 bits per heavy atom. The molecule has 1 aromatic carbocycles. The largest absolute Gasteiger partial charge is 0.488 e. The number of carboxylic acids is 1. The number of ether oxygens (including phenoxy) is 1. The number of carbonyl (C=O) groups is 1. The molecule has 28 heavy (non-hydrogen) atoms. The molecule has 0 saturated carbocycles. The molecule has 0 amide bonds. The standard InChI is InChI=1S/C20H23F2N3O3/c1-23-14-7-8-25(12-14)18-5-2-4-17(24-18)13-10-15(21)20(16(22)11-13)28-9-3-6-19(26)27/h2,4-5,10-11,14,23H,3,6-9,12H2,1H3,(H,26,27). The molecule has 1 saturated heterocycles. The van der Waals surface area contributed by atoms with Crippen LogP contribution in [0.15, 0.2) is 30.3 Å². The summed E-state index contributed by atoms with van der Waals surface area (Å²) in [6.45, 7) is 1.63. The van der Waals surface area contributed by atoms with E-state index in [0.29, 0.717) is 17.3 Å². The highest BCUT2D eigenvalue weighted by Gasteiger charge is 2.22. The van der Waals surface area contributed by atoms with E-state index < -0.39 is 23.4 Å².